The van der Waals surface area contributed by atoms with Gasteiger partial charge in [-0.3, -0.25) is 14.2 Å². The van der Waals surface area contributed by atoms with Gasteiger partial charge < -0.3 is 10.6 Å². The number of aliphatic imine (C=N–C) groups is 1. The molecule has 7 nitrogen and oxygen atoms in total. The lowest BCUT2D eigenvalue weighted by atomic mass is 10.1. The predicted octanol–water partition coefficient (Wildman–Crippen LogP) is 4.74. The molecule has 1 saturated carbocycles. The number of nitrogens with one attached hydrogen (secondary N) is 2. The number of hydrogen-bond acceptors (Lipinski definition) is 8. The van der Waals surface area contributed by atoms with E-state index in [1.807, 2.05) is 6.07 Å². The first-order valence-corrected chi connectivity index (χ1v) is 13.1. The largest absolute Gasteiger partial charge is 0.405 e. The lowest BCUT2D eigenvalue weighted by Crippen LogP contribution is -2.24. The van der Waals surface area contributed by atoms with Crippen LogP contribution >= 0.6 is 11.8 Å². The average Bonchev–Trinajstić information content (AvgIpc) is 3.17. The van der Waals surface area contributed by atoms with Gasteiger partial charge in [0.1, 0.15) is 12.4 Å². The summed E-state index contributed by atoms with van der Waals surface area (Å²) in [5.74, 6) is 1.96. The molecule has 2 aromatic rings. The molecule has 3 unspecified atom stereocenters. The summed E-state index contributed by atoms with van der Waals surface area (Å²) >= 11 is 1.51. The normalized spacial score (nSPS) is 19.3. The monoisotopic (exact) mass is 500 g/mol. The van der Waals surface area contributed by atoms with E-state index in [-0.39, 0.29) is 12.0 Å². The fraction of sp³-hybridized carbons (Fsp3) is 0.524. The first-order valence-electron chi connectivity index (χ1n) is 10.4. The zero-order valence-corrected chi connectivity index (χ0v) is 20.1. The van der Waals surface area contributed by atoms with Gasteiger partial charge in [0, 0.05) is 57.0 Å². The van der Waals surface area contributed by atoms with Gasteiger partial charge in [0.15, 0.2) is 0 Å². The standard InChI is InChI=1S/C21H27F3N6OS2/c1-13-16(10-32-18-6-7-26-9-17(18)25-2)19(30-20(28-13)27-12-21(22,23)24)29-15-5-4-14(8-15)11-33(3)31/h6-7,9,14-15H,2,4-5,8,10-12H2,1,3H3,(H2,27,28,29,30). The first kappa shape index (κ1) is 25.4. The van der Waals surface area contributed by atoms with Crippen molar-refractivity contribution in [1.82, 2.24) is 15.0 Å². The predicted molar refractivity (Wildman–Crippen MR) is 128 cm³/mol. The third kappa shape index (κ3) is 7.66. The van der Waals surface area contributed by atoms with Gasteiger partial charge in [-0.2, -0.15) is 18.2 Å². The zero-order valence-electron chi connectivity index (χ0n) is 18.5. The van der Waals surface area contributed by atoms with Crippen molar-refractivity contribution in [3.8, 4) is 0 Å². The van der Waals surface area contributed by atoms with Gasteiger partial charge in [0.25, 0.3) is 0 Å². The van der Waals surface area contributed by atoms with Crippen molar-refractivity contribution in [2.24, 2.45) is 10.9 Å². The number of aromatic nitrogens is 3. The molecular formula is C21H27F3N6OS2. The number of hydrogen-bond donors (Lipinski definition) is 2. The number of nitrogens with zero attached hydrogens (tertiary/aromatic N) is 4. The van der Waals surface area contributed by atoms with Gasteiger partial charge >= 0.3 is 6.18 Å². The number of thioether (sulfide) groups is 1. The second kappa shape index (κ2) is 11.3. The lowest BCUT2D eigenvalue weighted by Gasteiger charge is -2.20. The number of alkyl halides is 3. The molecule has 2 aromatic heterocycles. The van der Waals surface area contributed by atoms with E-state index in [9.17, 15) is 17.4 Å². The van der Waals surface area contributed by atoms with Gasteiger partial charge in [0.05, 0.1) is 11.9 Å². The molecule has 0 spiro atoms. The molecule has 3 atom stereocenters. The highest BCUT2D eigenvalue weighted by molar-refractivity contribution is 7.98. The Labute approximate surface area is 198 Å². The van der Waals surface area contributed by atoms with Crippen LogP contribution in [-0.4, -0.2) is 56.6 Å². The van der Waals surface area contributed by atoms with Crippen LogP contribution < -0.4 is 10.6 Å². The molecule has 0 radical (unpaired) electrons. The van der Waals surface area contributed by atoms with Crippen molar-refractivity contribution < 1.29 is 17.4 Å². The second-order valence-corrected chi connectivity index (χ2v) is 10.5. The summed E-state index contributed by atoms with van der Waals surface area (Å²) in [4.78, 5) is 17.6. The summed E-state index contributed by atoms with van der Waals surface area (Å²) < 4.78 is 49.7. The molecule has 33 heavy (non-hydrogen) atoms. The minimum absolute atomic E-state index is 0.0670. The Morgan fingerprint density at radius 1 is 1.33 bits per heavy atom. The van der Waals surface area contributed by atoms with E-state index in [0.717, 1.165) is 29.7 Å². The third-order valence-electron chi connectivity index (χ3n) is 5.32. The van der Waals surface area contributed by atoms with Crippen LogP contribution in [0.25, 0.3) is 0 Å². The van der Waals surface area contributed by atoms with Crippen LogP contribution in [0.15, 0.2) is 28.3 Å². The highest BCUT2D eigenvalue weighted by Gasteiger charge is 2.29. The minimum Gasteiger partial charge on any atom is -0.367 e. The maximum Gasteiger partial charge on any atom is 0.405 e. The van der Waals surface area contributed by atoms with Crippen molar-refractivity contribution in [3.05, 3.63) is 29.7 Å². The summed E-state index contributed by atoms with van der Waals surface area (Å²) in [6, 6.07) is 1.95. The van der Waals surface area contributed by atoms with Gasteiger partial charge in [-0.15, -0.1) is 11.8 Å². The Kier molecular flexibility index (Phi) is 8.69. The fourth-order valence-electron chi connectivity index (χ4n) is 3.79. The van der Waals surface area contributed by atoms with Crippen LogP contribution in [0.4, 0.5) is 30.6 Å². The van der Waals surface area contributed by atoms with E-state index >= 15 is 0 Å². The molecule has 1 aliphatic carbocycles. The quantitative estimate of drug-likeness (QED) is 0.360. The van der Waals surface area contributed by atoms with Crippen molar-refractivity contribution in [2.45, 2.75) is 49.1 Å². The number of anilines is 2. The topological polar surface area (TPSA) is 92.2 Å². The van der Waals surface area contributed by atoms with Gasteiger partial charge in [-0.05, 0) is 44.9 Å². The molecule has 0 bridgehead atoms. The van der Waals surface area contributed by atoms with Crippen molar-refractivity contribution in [3.63, 3.8) is 0 Å². The van der Waals surface area contributed by atoms with Crippen LogP contribution in [0.2, 0.25) is 0 Å². The molecule has 0 aromatic carbocycles. The van der Waals surface area contributed by atoms with Crippen molar-refractivity contribution in [1.29, 1.82) is 0 Å². The molecule has 0 aliphatic heterocycles. The van der Waals surface area contributed by atoms with E-state index in [0.29, 0.717) is 34.6 Å². The molecule has 0 saturated heterocycles. The van der Waals surface area contributed by atoms with Gasteiger partial charge in [-0.25, -0.2) is 4.98 Å². The van der Waals surface area contributed by atoms with Crippen molar-refractivity contribution in [2.75, 3.05) is 29.2 Å². The van der Waals surface area contributed by atoms with Gasteiger partial charge in [0.2, 0.25) is 5.95 Å². The van der Waals surface area contributed by atoms with Crippen LogP contribution in [0.1, 0.15) is 30.5 Å². The van der Waals surface area contributed by atoms with E-state index in [1.165, 1.54) is 11.8 Å². The number of aryl methyl sites for hydroxylation is 1. The number of pyridine rings is 1. The van der Waals surface area contributed by atoms with E-state index < -0.39 is 23.5 Å². The highest BCUT2D eigenvalue weighted by atomic mass is 32.2. The Balaban J connectivity index is 1.82. The molecule has 3 rings (SSSR count). The van der Waals surface area contributed by atoms with Crippen LogP contribution in [0, 0.1) is 12.8 Å². The SMILES string of the molecule is C=Nc1cnccc1SCc1c(C)nc(NCC(F)(F)F)nc1NC1CCC(CS(C)=O)C1. The van der Waals surface area contributed by atoms with Crippen LogP contribution in [-0.2, 0) is 16.6 Å². The molecule has 180 valence electrons. The Morgan fingerprint density at radius 2 is 2.12 bits per heavy atom. The number of halogens is 3. The Morgan fingerprint density at radius 3 is 2.82 bits per heavy atom. The molecule has 0 amide bonds. The molecule has 1 fully saturated rings. The summed E-state index contributed by atoms with van der Waals surface area (Å²) in [6.45, 7) is 4.12. The fourth-order valence-corrected chi connectivity index (χ4v) is 5.83. The maximum absolute atomic E-state index is 12.7. The van der Waals surface area contributed by atoms with E-state index in [1.54, 1.807) is 25.6 Å². The average molecular weight is 501 g/mol. The van der Waals surface area contributed by atoms with E-state index in [4.69, 9.17) is 0 Å². The molecule has 1 aliphatic rings. The Bertz CT molecular complexity index is 1000. The van der Waals surface area contributed by atoms with Crippen molar-refractivity contribution >= 4 is 46.7 Å². The minimum atomic E-state index is -4.37. The lowest BCUT2D eigenvalue weighted by molar-refractivity contribution is -0.115. The third-order valence-corrected chi connectivity index (χ3v) is 7.35. The summed E-state index contributed by atoms with van der Waals surface area (Å²) in [5, 5.41) is 5.70. The molecular weight excluding hydrogens is 473 g/mol. The van der Waals surface area contributed by atoms with Gasteiger partial charge in [-0.1, -0.05) is 0 Å². The Hall–Kier alpha value is -2.21. The van der Waals surface area contributed by atoms with Crippen LogP contribution in [0.5, 0.6) is 0 Å². The number of rotatable bonds is 10. The summed E-state index contributed by atoms with van der Waals surface area (Å²) in [7, 11) is -0.860. The first-order chi connectivity index (χ1) is 15.6. The molecule has 2 heterocycles. The van der Waals surface area contributed by atoms with E-state index in [2.05, 4.69) is 37.3 Å². The molecule has 2 N–H and O–H groups in total. The highest BCUT2D eigenvalue weighted by Crippen LogP contribution is 2.35. The smallest absolute Gasteiger partial charge is 0.367 e. The van der Waals surface area contributed by atoms with Crippen LogP contribution in [0.3, 0.4) is 0 Å². The molecule has 12 heteroatoms. The summed E-state index contributed by atoms with van der Waals surface area (Å²) in [6.07, 6.45) is 3.30. The second-order valence-electron chi connectivity index (χ2n) is 7.98. The zero-order chi connectivity index (χ0) is 24.0. The summed E-state index contributed by atoms with van der Waals surface area (Å²) in [5.41, 5.74) is 2.06. The maximum atomic E-state index is 12.7.